The van der Waals surface area contributed by atoms with E-state index in [2.05, 4.69) is 15.3 Å². The van der Waals surface area contributed by atoms with Gasteiger partial charge in [0, 0.05) is 43.3 Å². The van der Waals surface area contributed by atoms with Crippen LogP contribution in [0.15, 0.2) is 42.9 Å². The van der Waals surface area contributed by atoms with E-state index < -0.39 is 0 Å². The van der Waals surface area contributed by atoms with Crippen LogP contribution in [0.25, 0.3) is 0 Å². The van der Waals surface area contributed by atoms with Crippen molar-refractivity contribution in [1.82, 2.24) is 15.3 Å². The standard InChI is InChI=1S/C13H14N4O2/c1-10(16-9-12-8-14-5-6-15-12)11-3-2-4-13(7-11)17(18)19/h2-8,10,16H,9H2,1H3. The summed E-state index contributed by atoms with van der Waals surface area (Å²) in [6, 6.07) is 6.62. The van der Waals surface area contributed by atoms with Crippen molar-refractivity contribution in [1.29, 1.82) is 0 Å². The highest BCUT2D eigenvalue weighted by Crippen LogP contribution is 2.19. The molecule has 1 aromatic carbocycles. The van der Waals surface area contributed by atoms with Crippen molar-refractivity contribution < 1.29 is 4.92 Å². The Morgan fingerprint density at radius 2 is 2.26 bits per heavy atom. The molecule has 2 rings (SSSR count). The Kier molecular flexibility index (Phi) is 4.15. The van der Waals surface area contributed by atoms with Gasteiger partial charge in [-0.2, -0.15) is 0 Å². The van der Waals surface area contributed by atoms with E-state index in [9.17, 15) is 10.1 Å². The van der Waals surface area contributed by atoms with Gasteiger partial charge in [0.2, 0.25) is 0 Å². The van der Waals surface area contributed by atoms with Crippen molar-refractivity contribution in [2.24, 2.45) is 0 Å². The Morgan fingerprint density at radius 3 is 2.95 bits per heavy atom. The Labute approximate surface area is 110 Å². The van der Waals surface area contributed by atoms with Crippen LogP contribution in [-0.4, -0.2) is 14.9 Å². The first-order chi connectivity index (χ1) is 9.16. The fourth-order valence-corrected chi connectivity index (χ4v) is 1.70. The van der Waals surface area contributed by atoms with Crippen LogP contribution in [0.3, 0.4) is 0 Å². The average Bonchev–Trinajstić information content (AvgIpc) is 2.46. The van der Waals surface area contributed by atoms with E-state index in [0.29, 0.717) is 6.54 Å². The molecular formula is C13H14N4O2. The lowest BCUT2D eigenvalue weighted by Gasteiger charge is -2.13. The molecule has 0 saturated carbocycles. The monoisotopic (exact) mass is 258 g/mol. The molecule has 0 fully saturated rings. The van der Waals surface area contributed by atoms with E-state index in [1.54, 1.807) is 30.7 Å². The van der Waals surface area contributed by atoms with Gasteiger partial charge < -0.3 is 5.32 Å². The molecule has 0 saturated heterocycles. The topological polar surface area (TPSA) is 81.0 Å². The molecular weight excluding hydrogens is 244 g/mol. The van der Waals surface area contributed by atoms with Crippen molar-refractivity contribution in [2.45, 2.75) is 19.5 Å². The molecule has 0 aliphatic rings. The molecule has 98 valence electrons. The van der Waals surface area contributed by atoms with E-state index in [4.69, 9.17) is 0 Å². The number of nitrogens with one attached hydrogen (secondary N) is 1. The maximum Gasteiger partial charge on any atom is 0.269 e. The second kappa shape index (κ2) is 6.01. The Balaban J connectivity index is 2.02. The molecule has 0 spiro atoms. The molecule has 19 heavy (non-hydrogen) atoms. The lowest BCUT2D eigenvalue weighted by atomic mass is 10.1. The van der Waals surface area contributed by atoms with Gasteiger partial charge in [-0.05, 0) is 12.5 Å². The third-order valence-electron chi connectivity index (χ3n) is 2.79. The van der Waals surface area contributed by atoms with Gasteiger partial charge in [0.1, 0.15) is 0 Å². The summed E-state index contributed by atoms with van der Waals surface area (Å²) in [5.41, 5.74) is 1.81. The quantitative estimate of drug-likeness (QED) is 0.657. The summed E-state index contributed by atoms with van der Waals surface area (Å²) < 4.78 is 0. The second-order valence-electron chi connectivity index (χ2n) is 4.15. The number of nitro groups is 1. The second-order valence-corrected chi connectivity index (χ2v) is 4.15. The third-order valence-corrected chi connectivity index (χ3v) is 2.79. The van der Waals surface area contributed by atoms with E-state index >= 15 is 0 Å². The first-order valence-electron chi connectivity index (χ1n) is 5.89. The molecule has 0 bridgehead atoms. The van der Waals surface area contributed by atoms with Crippen molar-refractivity contribution in [2.75, 3.05) is 0 Å². The predicted molar refractivity (Wildman–Crippen MR) is 70.4 cm³/mol. The Morgan fingerprint density at radius 1 is 1.42 bits per heavy atom. The predicted octanol–water partition coefficient (Wildman–Crippen LogP) is 2.24. The lowest BCUT2D eigenvalue weighted by molar-refractivity contribution is -0.384. The number of benzene rings is 1. The number of nitro benzene ring substituents is 1. The van der Waals surface area contributed by atoms with E-state index in [1.807, 2.05) is 13.0 Å². The van der Waals surface area contributed by atoms with Gasteiger partial charge in [-0.25, -0.2) is 0 Å². The van der Waals surface area contributed by atoms with Gasteiger partial charge >= 0.3 is 0 Å². The summed E-state index contributed by atoms with van der Waals surface area (Å²) >= 11 is 0. The van der Waals surface area contributed by atoms with Gasteiger partial charge in [0.15, 0.2) is 0 Å². The van der Waals surface area contributed by atoms with Crippen molar-refractivity contribution >= 4 is 5.69 Å². The van der Waals surface area contributed by atoms with Crippen molar-refractivity contribution in [3.63, 3.8) is 0 Å². The summed E-state index contributed by atoms with van der Waals surface area (Å²) in [4.78, 5) is 18.5. The first-order valence-corrected chi connectivity index (χ1v) is 5.89. The first kappa shape index (κ1) is 13.1. The minimum atomic E-state index is -0.390. The zero-order chi connectivity index (χ0) is 13.7. The molecule has 0 aliphatic carbocycles. The van der Waals surface area contributed by atoms with E-state index in [1.165, 1.54) is 6.07 Å². The van der Waals surface area contributed by atoms with Crippen LogP contribution in [0.2, 0.25) is 0 Å². The van der Waals surface area contributed by atoms with Gasteiger partial charge in [-0.15, -0.1) is 0 Å². The van der Waals surface area contributed by atoms with E-state index in [-0.39, 0.29) is 16.7 Å². The third kappa shape index (κ3) is 3.56. The van der Waals surface area contributed by atoms with Crippen LogP contribution in [0.5, 0.6) is 0 Å². The molecule has 1 aromatic heterocycles. The zero-order valence-corrected chi connectivity index (χ0v) is 10.5. The summed E-state index contributed by atoms with van der Waals surface area (Å²) in [6.45, 7) is 2.52. The van der Waals surface area contributed by atoms with Crippen LogP contribution in [0, 0.1) is 10.1 Å². The summed E-state index contributed by atoms with van der Waals surface area (Å²) in [7, 11) is 0. The molecule has 6 heteroatoms. The highest BCUT2D eigenvalue weighted by molar-refractivity contribution is 5.35. The molecule has 0 amide bonds. The molecule has 6 nitrogen and oxygen atoms in total. The Hall–Kier alpha value is -2.34. The number of aromatic nitrogens is 2. The molecule has 0 aliphatic heterocycles. The average molecular weight is 258 g/mol. The normalized spacial score (nSPS) is 12.1. The van der Waals surface area contributed by atoms with E-state index in [0.717, 1.165) is 11.3 Å². The SMILES string of the molecule is CC(NCc1cnccn1)c1cccc([N+](=O)[O-])c1. The zero-order valence-electron chi connectivity index (χ0n) is 10.5. The van der Waals surface area contributed by atoms with Crippen LogP contribution in [0.4, 0.5) is 5.69 Å². The minimum absolute atomic E-state index is 0.00176. The fraction of sp³-hybridized carbons (Fsp3) is 0.231. The van der Waals surface area contributed by atoms with Crippen LogP contribution < -0.4 is 5.32 Å². The fourth-order valence-electron chi connectivity index (χ4n) is 1.70. The maximum absolute atomic E-state index is 10.7. The molecule has 2 aromatic rings. The minimum Gasteiger partial charge on any atom is -0.305 e. The van der Waals surface area contributed by atoms with Crippen LogP contribution in [0.1, 0.15) is 24.2 Å². The Bertz CT molecular complexity index is 560. The van der Waals surface area contributed by atoms with Gasteiger partial charge in [0.05, 0.1) is 10.6 Å². The lowest BCUT2D eigenvalue weighted by Crippen LogP contribution is -2.18. The van der Waals surface area contributed by atoms with Crippen molar-refractivity contribution in [3.8, 4) is 0 Å². The smallest absolute Gasteiger partial charge is 0.269 e. The number of hydrogen-bond acceptors (Lipinski definition) is 5. The van der Waals surface area contributed by atoms with Crippen LogP contribution >= 0.6 is 0 Å². The highest BCUT2D eigenvalue weighted by Gasteiger charge is 2.10. The molecule has 1 N–H and O–H groups in total. The maximum atomic E-state index is 10.7. The summed E-state index contributed by atoms with van der Waals surface area (Å²) in [5.74, 6) is 0. The number of nitrogens with zero attached hydrogens (tertiary/aromatic N) is 3. The number of rotatable bonds is 5. The molecule has 1 atom stereocenters. The highest BCUT2D eigenvalue weighted by atomic mass is 16.6. The van der Waals surface area contributed by atoms with Gasteiger partial charge in [-0.1, -0.05) is 12.1 Å². The van der Waals surface area contributed by atoms with Gasteiger partial charge in [-0.3, -0.25) is 20.1 Å². The van der Waals surface area contributed by atoms with Crippen LogP contribution in [-0.2, 0) is 6.54 Å². The summed E-state index contributed by atoms with van der Waals surface area (Å²) in [5, 5.41) is 14.0. The van der Waals surface area contributed by atoms with Crippen molar-refractivity contribution in [3.05, 3.63) is 64.2 Å². The number of non-ortho nitro benzene ring substituents is 1. The number of hydrogen-bond donors (Lipinski definition) is 1. The molecule has 0 radical (unpaired) electrons. The molecule has 1 unspecified atom stereocenters. The molecule has 1 heterocycles. The largest absolute Gasteiger partial charge is 0.305 e. The summed E-state index contributed by atoms with van der Waals surface area (Å²) in [6.07, 6.45) is 4.94. The van der Waals surface area contributed by atoms with Gasteiger partial charge in [0.25, 0.3) is 5.69 Å².